The maximum absolute atomic E-state index is 14.1. The average Bonchev–Trinajstić information content (AvgIpc) is 3.03. The van der Waals surface area contributed by atoms with Gasteiger partial charge >= 0.3 is 6.03 Å². The van der Waals surface area contributed by atoms with Crippen LogP contribution in [-0.2, 0) is 15.0 Å². The summed E-state index contributed by atoms with van der Waals surface area (Å²) in [5.74, 6) is -0.401. The van der Waals surface area contributed by atoms with Crippen molar-refractivity contribution in [1.82, 2.24) is 5.32 Å². The zero-order chi connectivity index (χ0) is 29.9. The Morgan fingerprint density at radius 1 is 0.951 bits per heavy atom. The molecule has 0 spiro atoms. The molecule has 4 N–H and O–H groups in total. The Labute approximate surface area is 242 Å². The zero-order valence-corrected chi connectivity index (χ0v) is 24.8. The highest BCUT2D eigenvalue weighted by Gasteiger charge is 2.39. The average molecular weight is 565 g/mol. The van der Waals surface area contributed by atoms with E-state index >= 15 is 0 Å². The number of hydrogen-bond acceptors (Lipinski definition) is 6. The van der Waals surface area contributed by atoms with Crippen molar-refractivity contribution in [2.75, 3.05) is 28.2 Å². The largest absolute Gasteiger partial charge is 0.367 e. The molecule has 1 fully saturated rings. The number of urea groups is 1. The Kier molecular flexibility index (Phi) is 9.09. The number of anilines is 3. The van der Waals surface area contributed by atoms with Gasteiger partial charge in [0, 0.05) is 29.1 Å². The van der Waals surface area contributed by atoms with Crippen LogP contribution in [-0.4, -0.2) is 59.4 Å². The van der Waals surface area contributed by atoms with Crippen LogP contribution in [0.4, 0.5) is 21.9 Å². The topological polar surface area (TPSA) is 122 Å². The number of aliphatic hydroxyl groups excluding tert-OH is 1. The van der Waals surface area contributed by atoms with Crippen LogP contribution in [0.3, 0.4) is 0 Å². The summed E-state index contributed by atoms with van der Waals surface area (Å²) in [4.78, 5) is 44.3. The Morgan fingerprint density at radius 2 is 1.61 bits per heavy atom. The maximum Gasteiger partial charge on any atom is 0.319 e. The molecule has 1 unspecified atom stereocenters. The van der Waals surface area contributed by atoms with E-state index in [-0.39, 0.29) is 30.8 Å². The molecule has 222 valence electrons. The second kappa shape index (κ2) is 12.2. The van der Waals surface area contributed by atoms with Gasteiger partial charge in [0.05, 0.1) is 17.9 Å². The Hall–Kier alpha value is -3.43. The minimum Gasteiger partial charge on any atom is -0.367 e. The van der Waals surface area contributed by atoms with Gasteiger partial charge in [-0.1, -0.05) is 78.1 Å². The number of nitrogens with zero attached hydrogens (tertiary/aromatic N) is 2. The number of benzene rings is 2. The van der Waals surface area contributed by atoms with Crippen molar-refractivity contribution in [3.63, 3.8) is 0 Å². The molecule has 9 nitrogen and oxygen atoms in total. The van der Waals surface area contributed by atoms with Crippen molar-refractivity contribution in [2.45, 2.75) is 90.5 Å². The summed E-state index contributed by atoms with van der Waals surface area (Å²) < 4.78 is 0. The number of amides is 3. The fourth-order valence-electron chi connectivity index (χ4n) is 5.48. The van der Waals surface area contributed by atoms with Gasteiger partial charge in [-0.15, -0.1) is 0 Å². The van der Waals surface area contributed by atoms with E-state index in [4.69, 9.17) is 0 Å². The van der Waals surface area contributed by atoms with Crippen molar-refractivity contribution in [3.8, 4) is 0 Å². The molecule has 9 heteroatoms. The van der Waals surface area contributed by atoms with E-state index in [1.165, 1.54) is 11.3 Å². The van der Waals surface area contributed by atoms with Crippen LogP contribution in [0.5, 0.6) is 0 Å². The molecular weight excluding hydrogens is 520 g/mol. The van der Waals surface area contributed by atoms with Crippen molar-refractivity contribution in [2.24, 2.45) is 5.41 Å². The quantitative estimate of drug-likeness (QED) is 0.366. The van der Waals surface area contributed by atoms with Gasteiger partial charge in [0.2, 0.25) is 0 Å². The first-order valence-electron chi connectivity index (χ1n) is 14.5. The lowest BCUT2D eigenvalue weighted by molar-refractivity contribution is -0.127. The van der Waals surface area contributed by atoms with E-state index in [0.717, 1.165) is 31.4 Å². The number of Topliss-reactive ketones (excluding diaryl/α,β-unsaturated/α-hetero) is 1. The number of ketones is 1. The van der Waals surface area contributed by atoms with Gasteiger partial charge in [0.1, 0.15) is 6.04 Å². The first-order chi connectivity index (χ1) is 19.3. The van der Waals surface area contributed by atoms with Crippen LogP contribution in [0.2, 0.25) is 0 Å². The number of rotatable bonds is 7. The predicted molar refractivity (Wildman–Crippen MR) is 161 cm³/mol. The highest BCUT2D eigenvalue weighted by atomic mass is 16.5. The standard InChI is InChI=1S/C32H44N4O5/c1-31(2,3)27(37)20-36-26-17-10-9-16-25(26)35(23-14-7-6-8-15-23)19-24(28(36)38)34-30(41)33-22-13-11-12-21(18-22)32(4,5)29(39)40/h9-13,16-18,23-24,29,39-40H,6-8,14-15,19-20H2,1-5H3,(H2,33,34,41). The molecule has 1 heterocycles. The lowest BCUT2D eigenvalue weighted by Gasteiger charge is -2.37. The van der Waals surface area contributed by atoms with Crippen LogP contribution in [0.1, 0.15) is 72.3 Å². The Bertz CT molecular complexity index is 1260. The van der Waals surface area contributed by atoms with Crippen molar-refractivity contribution >= 4 is 34.8 Å². The molecule has 0 aromatic heterocycles. The third kappa shape index (κ3) is 6.90. The molecule has 4 rings (SSSR count). The summed E-state index contributed by atoms with van der Waals surface area (Å²) >= 11 is 0. The molecule has 0 saturated heterocycles. The molecule has 41 heavy (non-hydrogen) atoms. The maximum atomic E-state index is 14.1. The van der Waals surface area contributed by atoms with Gasteiger partial charge in [-0.25, -0.2) is 4.79 Å². The van der Waals surface area contributed by atoms with Gasteiger partial charge in [0.15, 0.2) is 12.1 Å². The number of hydrogen-bond donors (Lipinski definition) is 4. The molecule has 3 amide bonds. The second-order valence-corrected chi connectivity index (χ2v) is 12.9. The van der Waals surface area contributed by atoms with E-state index in [0.29, 0.717) is 16.9 Å². The van der Waals surface area contributed by atoms with Gasteiger partial charge in [-0.05, 0) is 42.7 Å². The Balaban J connectivity index is 1.64. The minimum absolute atomic E-state index is 0.0690. The monoisotopic (exact) mass is 564 g/mol. The van der Waals surface area contributed by atoms with E-state index in [1.807, 2.05) is 45.0 Å². The first kappa shape index (κ1) is 30.5. The highest BCUT2D eigenvalue weighted by molar-refractivity contribution is 6.08. The van der Waals surface area contributed by atoms with E-state index in [2.05, 4.69) is 15.5 Å². The molecule has 0 bridgehead atoms. The molecule has 2 aliphatic rings. The fourth-order valence-corrected chi connectivity index (χ4v) is 5.48. The lowest BCUT2D eigenvalue weighted by atomic mass is 9.84. The van der Waals surface area contributed by atoms with Crippen LogP contribution >= 0.6 is 0 Å². The smallest absolute Gasteiger partial charge is 0.319 e. The van der Waals surface area contributed by atoms with Crippen molar-refractivity contribution < 1.29 is 24.6 Å². The molecular formula is C32H44N4O5. The number of carbonyl (C=O) groups is 3. The molecule has 1 saturated carbocycles. The molecule has 2 aromatic carbocycles. The second-order valence-electron chi connectivity index (χ2n) is 12.9. The third-order valence-electron chi connectivity index (χ3n) is 8.39. The zero-order valence-electron chi connectivity index (χ0n) is 24.8. The summed E-state index contributed by atoms with van der Waals surface area (Å²) in [6.45, 7) is 9.12. The number of fused-ring (bicyclic) bond motifs is 1. The van der Waals surface area contributed by atoms with Gasteiger partial charge in [-0.3, -0.25) is 9.59 Å². The third-order valence-corrected chi connectivity index (χ3v) is 8.39. The van der Waals surface area contributed by atoms with Gasteiger partial charge in [0.25, 0.3) is 5.91 Å². The van der Waals surface area contributed by atoms with E-state index in [1.54, 1.807) is 38.1 Å². The van der Waals surface area contributed by atoms with Crippen LogP contribution < -0.4 is 20.4 Å². The number of aliphatic hydroxyl groups is 2. The summed E-state index contributed by atoms with van der Waals surface area (Å²) in [6.07, 6.45) is 3.83. The molecule has 0 radical (unpaired) electrons. The van der Waals surface area contributed by atoms with Crippen molar-refractivity contribution in [3.05, 3.63) is 54.1 Å². The lowest BCUT2D eigenvalue weighted by Crippen LogP contribution is -2.55. The molecule has 2 aromatic rings. The summed E-state index contributed by atoms with van der Waals surface area (Å²) in [7, 11) is 0. The molecule has 1 aliphatic heterocycles. The van der Waals surface area contributed by atoms with Crippen molar-refractivity contribution in [1.29, 1.82) is 0 Å². The van der Waals surface area contributed by atoms with Gasteiger partial charge < -0.3 is 30.6 Å². The van der Waals surface area contributed by atoms with E-state index in [9.17, 15) is 24.6 Å². The summed E-state index contributed by atoms with van der Waals surface area (Å²) in [5, 5.41) is 25.3. The minimum atomic E-state index is -1.58. The molecule has 1 aliphatic carbocycles. The van der Waals surface area contributed by atoms with Crippen LogP contribution in [0.25, 0.3) is 0 Å². The molecule has 1 atom stereocenters. The summed E-state index contributed by atoms with van der Waals surface area (Å²) in [6, 6.07) is 13.4. The van der Waals surface area contributed by atoms with Crippen LogP contribution in [0.15, 0.2) is 48.5 Å². The SMILES string of the molecule is CC(C)(C)C(=O)CN1C(=O)C(NC(=O)Nc2cccc(C(C)(C)C(O)O)c2)CN(C2CCCCC2)c2ccccc21. The number of para-hydroxylation sites is 2. The normalized spacial score (nSPS) is 18.6. The number of carbonyl (C=O) groups excluding carboxylic acids is 3. The Morgan fingerprint density at radius 3 is 2.24 bits per heavy atom. The first-order valence-corrected chi connectivity index (χ1v) is 14.5. The van der Waals surface area contributed by atoms with E-state index < -0.39 is 29.2 Å². The predicted octanol–water partition coefficient (Wildman–Crippen LogP) is 4.57. The van der Waals surface area contributed by atoms with Gasteiger partial charge in [-0.2, -0.15) is 0 Å². The number of nitrogens with one attached hydrogen (secondary N) is 2. The highest BCUT2D eigenvalue weighted by Crippen LogP contribution is 2.37. The van der Waals surface area contributed by atoms with Crippen LogP contribution in [0, 0.1) is 5.41 Å². The fraction of sp³-hybridized carbons (Fsp3) is 0.531. The summed E-state index contributed by atoms with van der Waals surface area (Å²) in [5.41, 5.74) is 1.10.